The third kappa shape index (κ3) is 3.93. The van der Waals surface area contributed by atoms with E-state index < -0.39 is 0 Å². The Labute approximate surface area is 133 Å². The molecule has 0 radical (unpaired) electrons. The summed E-state index contributed by atoms with van der Waals surface area (Å²) < 4.78 is 0. The summed E-state index contributed by atoms with van der Waals surface area (Å²) in [6.45, 7) is 6.67. The van der Waals surface area contributed by atoms with Crippen LogP contribution in [0.2, 0.25) is 0 Å². The average molecular weight is 306 g/mol. The molecular weight excluding hydrogens is 276 g/mol. The molecule has 2 atom stereocenters. The number of rotatable bonds is 5. The molecule has 0 aromatic rings. The van der Waals surface area contributed by atoms with Crippen molar-refractivity contribution in [3.8, 4) is 0 Å². The average Bonchev–Trinajstić information content (AvgIpc) is 3.29. The molecule has 2 saturated carbocycles. The predicted molar refractivity (Wildman–Crippen MR) is 88.7 cm³/mol. The molecule has 2 aliphatic carbocycles. The van der Waals surface area contributed by atoms with Gasteiger partial charge in [0.1, 0.15) is 0 Å². The SMILES string of the molecule is CCNC(=NCCNC(=O)C1CC1)N1CC2CCCCC2C1. The lowest BCUT2D eigenvalue weighted by Crippen LogP contribution is -2.41. The van der Waals surface area contributed by atoms with Gasteiger partial charge in [-0.15, -0.1) is 0 Å². The Kier molecular flexibility index (Phi) is 5.21. The normalized spacial score (nSPS) is 28.4. The van der Waals surface area contributed by atoms with E-state index in [1.165, 1.54) is 25.7 Å². The fraction of sp³-hybridized carbons (Fsp3) is 0.882. The van der Waals surface area contributed by atoms with Crippen molar-refractivity contribution < 1.29 is 4.79 Å². The highest BCUT2D eigenvalue weighted by atomic mass is 16.2. The van der Waals surface area contributed by atoms with Gasteiger partial charge in [-0.3, -0.25) is 9.79 Å². The summed E-state index contributed by atoms with van der Waals surface area (Å²) in [6, 6.07) is 0. The van der Waals surface area contributed by atoms with Gasteiger partial charge in [0.25, 0.3) is 0 Å². The van der Waals surface area contributed by atoms with E-state index in [2.05, 4.69) is 22.5 Å². The zero-order chi connectivity index (χ0) is 15.4. The van der Waals surface area contributed by atoms with E-state index in [0.29, 0.717) is 19.0 Å². The molecule has 0 bridgehead atoms. The second kappa shape index (κ2) is 7.34. The number of nitrogens with zero attached hydrogens (tertiary/aromatic N) is 2. The largest absolute Gasteiger partial charge is 0.357 e. The molecule has 2 unspecified atom stereocenters. The molecule has 3 fully saturated rings. The number of hydrogen-bond acceptors (Lipinski definition) is 2. The highest BCUT2D eigenvalue weighted by Crippen LogP contribution is 2.35. The first-order valence-electron chi connectivity index (χ1n) is 9.09. The second-order valence-electron chi connectivity index (χ2n) is 7.01. The number of likely N-dealkylation sites (tertiary alicyclic amines) is 1. The smallest absolute Gasteiger partial charge is 0.223 e. The van der Waals surface area contributed by atoms with Crippen LogP contribution in [0.25, 0.3) is 0 Å². The van der Waals surface area contributed by atoms with Crippen LogP contribution in [-0.4, -0.2) is 49.5 Å². The van der Waals surface area contributed by atoms with Crippen LogP contribution in [0.4, 0.5) is 0 Å². The molecule has 124 valence electrons. The number of carbonyl (C=O) groups excluding carboxylic acids is 1. The van der Waals surface area contributed by atoms with Gasteiger partial charge in [-0.2, -0.15) is 0 Å². The number of guanidine groups is 1. The van der Waals surface area contributed by atoms with Crippen molar-refractivity contribution in [1.29, 1.82) is 0 Å². The minimum Gasteiger partial charge on any atom is -0.357 e. The quantitative estimate of drug-likeness (QED) is 0.461. The summed E-state index contributed by atoms with van der Waals surface area (Å²) in [5.41, 5.74) is 0. The standard InChI is InChI=1S/C17H30N4O/c1-2-18-17(20-10-9-19-16(22)13-7-8-13)21-11-14-5-3-4-6-15(14)12-21/h13-15H,2-12H2,1H3,(H,18,20)(H,19,22). The van der Waals surface area contributed by atoms with Crippen LogP contribution in [0, 0.1) is 17.8 Å². The molecule has 0 aromatic heterocycles. The third-order valence-corrected chi connectivity index (χ3v) is 5.23. The van der Waals surface area contributed by atoms with Crippen LogP contribution >= 0.6 is 0 Å². The second-order valence-corrected chi connectivity index (χ2v) is 7.01. The molecule has 5 nitrogen and oxygen atoms in total. The zero-order valence-electron chi connectivity index (χ0n) is 13.8. The summed E-state index contributed by atoms with van der Waals surface area (Å²) >= 11 is 0. The molecule has 0 spiro atoms. The molecule has 1 saturated heterocycles. The lowest BCUT2D eigenvalue weighted by molar-refractivity contribution is -0.122. The predicted octanol–water partition coefficient (Wildman–Crippen LogP) is 1.60. The number of hydrogen-bond donors (Lipinski definition) is 2. The maximum absolute atomic E-state index is 11.6. The Hall–Kier alpha value is -1.26. The van der Waals surface area contributed by atoms with Gasteiger partial charge in [-0.25, -0.2) is 0 Å². The molecule has 1 amide bonds. The van der Waals surface area contributed by atoms with Gasteiger partial charge < -0.3 is 15.5 Å². The van der Waals surface area contributed by atoms with E-state index in [1.807, 2.05) is 0 Å². The summed E-state index contributed by atoms with van der Waals surface area (Å²) in [7, 11) is 0. The first-order valence-corrected chi connectivity index (χ1v) is 9.09. The molecule has 0 aromatic carbocycles. The molecule has 3 aliphatic rings. The van der Waals surface area contributed by atoms with Gasteiger partial charge in [0.05, 0.1) is 6.54 Å². The Morgan fingerprint density at radius 3 is 2.36 bits per heavy atom. The number of amides is 1. The molecule has 2 N–H and O–H groups in total. The van der Waals surface area contributed by atoms with Crippen molar-refractivity contribution in [1.82, 2.24) is 15.5 Å². The number of aliphatic imine (C=N–C) groups is 1. The Bertz CT molecular complexity index is 405. The molecular formula is C17H30N4O. The highest BCUT2D eigenvalue weighted by molar-refractivity contribution is 5.81. The van der Waals surface area contributed by atoms with Gasteiger partial charge >= 0.3 is 0 Å². The van der Waals surface area contributed by atoms with E-state index >= 15 is 0 Å². The van der Waals surface area contributed by atoms with Crippen LogP contribution in [0.5, 0.6) is 0 Å². The molecule has 5 heteroatoms. The zero-order valence-corrected chi connectivity index (χ0v) is 13.8. The van der Waals surface area contributed by atoms with Gasteiger partial charge in [-0.05, 0) is 44.4 Å². The fourth-order valence-electron chi connectivity index (χ4n) is 3.84. The van der Waals surface area contributed by atoms with Gasteiger partial charge in [0.15, 0.2) is 5.96 Å². The van der Waals surface area contributed by atoms with Crippen molar-refractivity contribution in [2.45, 2.75) is 45.4 Å². The van der Waals surface area contributed by atoms with Crippen molar-refractivity contribution in [3.05, 3.63) is 0 Å². The lowest BCUT2D eigenvalue weighted by Gasteiger charge is -2.22. The minimum absolute atomic E-state index is 0.215. The van der Waals surface area contributed by atoms with Crippen molar-refractivity contribution >= 4 is 11.9 Å². The van der Waals surface area contributed by atoms with E-state index in [9.17, 15) is 4.79 Å². The van der Waals surface area contributed by atoms with Crippen LogP contribution in [-0.2, 0) is 4.79 Å². The third-order valence-electron chi connectivity index (χ3n) is 5.23. The number of fused-ring (bicyclic) bond motifs is 1. The van der Waals surface area contributed by atoms with Gasteiger partial charge in [-0.1, -0.05) is 12.8 Å². The minimum atomic E-state index is 0.215. The molecule has 3 rings (SSSR count). The van der Waals surface area contributed by atoms with E-state index in [-0.39, 0.29) is 5.91 Å². The van der Waals surface area contributed by atoms with E-state index in [1.54, 1.807) is 0 Å². The van der Waals surface area contributed by atoms with Gasteiger partial charge in [0.2, 0.25) is 5.91 Å². The molecule has 1 aliphatic heterocycles. The Morgan fingerprint density at radius 2 is 1.77 bits per heavy atom. The topological polar surface area (TPSA) is 56.7 Å². The van der Waals surface area contributed by atoms with Crippen molar-refractivity contribution in [2.24, 2.45) is 22.7 Å². The first kappa shape index (κ1) is 15.6. The molecule has 22 heavy (non-hydrogen) atoms. The van der Waals surface area contributed by atoms with Crippen LogP contribution < -0.4 is 10.6 Å². The Morgan fingerprint density at radius 1 is 1.09 bits per heavy atom. The van der Waals surface area contributed by atoms with E-state index in [0.717, 1.165) is 50.3 Å². The van der Waals surface area contributed by atoms with Crippen LogP contribution in [0.1, 0.15) is 45.4 Å². The summed E-state index contributed by atoms with van der Waals surface area (Å²) in [5.74, 6) is 3.28. The molecule has 1 heterocycles. The maximum atomic E-state index is 11.6. The highest BCUT2D eigenvalue weighted by Gasteiger charge is 2.35. The van der Waals surface area contributed by atoms with E-state index in [4.69, 9.17) is 4.99 Å². The van der Waals surface area contributed by atoms with Crippen LogP contribution in [0.15, 0.2) is 4.99 Å². The van der Waals surface area contributed by atoms with Crippen LogP contribution in [0.3, 0.4) is 0 Å². The lowest BCUT2D eigenvalue weighted by atomic mass is 9.82. The number of nitrogens with one attached hydrogen (secondary N) is 2. The van der Waals surface area contributed by atoms with Gasteiger partial charge in [0, 0.05) is 32.1 Å². The monoisotopic (exact) mass is 306 g/mol. The fourth-order valence-corrected chi connectivity index (χ4v) is 3.84. The summed E-state index contributed by atoms with van der Waals surface area (Å²) in [6.07, 6.45) is 7.70. The van der Waals surface area contributed by atoms with Crippen molar-refractivity contribution in [2.75, 3.05) is 32.7 Å². The summed E-state index contributed by atoms with van der Waals surface area (Å²) in [5, 5.41) is 6.41. The maximum Gasteiger partial charge on any atom is 0.223 e. The first-order chi connectivity index (χ1) is 10.8. The summed E-state index contributed by atoms with van der Waals surface area (Å²) in [4.78, 5) is 18.8. The Balaban J connectivity index is 1.48. The van der Waals surface area contributed by atoms with Crippen molar-refractivity contribution in [3.63, 3.8) is 0 Å². The number of carbonyl (C=O) groups is 1.